The largest absolute Gasteiger partial charge is 0.323 e. The number of carbonyl (C=O) groups excluding carboxylic acids is 1. The Hall–Kier alpha value is -0.570. The lowest BCUT2D eigenvalue weighted by atomic mass is 9.98. The molecule has 0 aromatic heterocycles. The summed E-state index contributed by atoms with van der Waals surface area (Å²) < 4.78 is 0. The van der Waals surface area contributed by atoms with Crippen LogP contribution in [0.3, 0.4) is 0 Å². The molecule has 1 rings (SSSR count). The van der Waals surface area contributed by atoms with E-state index >= 15 is 0 Å². The van der Waals surface area contributed by atoms with Crippen LogP contribution in [0.25, 0.3) is 0 Å². The third kappa shape index (κ3) is 3.01. The van der Waals surface area contributed by atoms with E-state index < -0.39 is 0 Å². The summed E-state index contributed by atoms with van der Waals surface area (Å²) in [4.78, 5) is 14.5. The molecule has 17 heavy (non-hydrogen) atoms. The maximum atomic E-state index is 12.4. The number of rotatable bonds is 5. The van der Waals surface area contributed by atoms with Gasteiger partial charge in [-0.1, -0.05) is 20.8 Å². The van der Waals surface area contributed by atoms with Crippen LogP contribution in [-0.2, 0) is 4.79 Å². The lowest BCUT2D eigenvalue weighted by molar-refractivity contribution is -0.134. The van der Waals surface area contributed by atoms with Crippen LogP contribution in [0.2, 0.25) is 0 Å². The van der Waals surface area contributed by atoms with Crippen molar-refractivity contribution in [1.29, 1.82) is 0 Å². The highest BCUT2D eigenvalue weighted by atomic mass is 16.2. The molecule has 0 spiro atoms. The van der Waals surface area contributed by atoms with Gasteiger partial charge < -0.3 is 4.90 Å². The van der Waals surface area contributed by atoms with E-state index in [-0.39, 0.29) is 17.6 Å². The molecular weight excluding hydrogens is 212 g/mol. The van der Waals surface area contributed by atoms with Gasteiger partial charge in [-0.3, -0.25) is 10.1 Å². The maximum Gasteiger partial charge on any atom is 0.244 e. The fourth-order valence-corrected chi connectivity index (χ4v) is 2.60. The fraction of sp³-hybridized carbons (Fsp3) is 0.929. The summed E-state index contributed by atoms with van der Waals surface area (Å²) in [5.74, 6) is 0.972. The minimum Gasteiger partial charge on any atom is -0.323 e. The first-order valence-electron chi connectivity index (χ1n) is 6.92. The van der Waals surface area contributed by atoms with Crippen LogP contribution >= 0.6 is 0 Å². The standard InChI is InChI=1S/C14H28N2O/c1-7-14(6)13(17)16(12(5)15-14)11(4)9-8-10(2)3/h10-12,15H,7-9H2,1-6H3. The van der Waals surface area contributed by atoms with Gasteiger partial charge in [0.15, 0.2) is 0 Å². The SMILES string of the molecule is CCC1(C)NC(C)N(C(C)CCC(C)C)C1=O. The first-order chi connectivity index (χ1) is 7.81. The van der Waals surface area contributed by atoms with Crippen molar-refractivity contribution >= 4 is 5.91 Å². The molecule has 0 aromatic carbocycles. The Labute approximate surface area is 106 Å². The van der Waals surface area contributed by atoms with E-state index in [4.69, 9.17) is 0 Å². The van der Waals surface area contributed by atoms with Crippen LogP contribution in [0.5, 0.6) is 0 Å². The first-order valence-corrected chi connectivity index (χ1v) is 6.92. The molecule has 1 heterocycles. The quantitative estimate of drug-likeness (QED) is 0.801. The number of hydrogen-bond donors (Lipinski definition) is 1. The zero-order valence-electron chi connectivity index (χ0n) is 12.2. The normalized spacial score (nSPS) is 31.4. The smallest absolute Gasteiger partial charge is 0.244 e. The van der Waals surface area contributed by atoms with Crippen molar-refractivity contribution in [3.63, 3.8) is 0 Å². The second kappa shape index (κ2) is 5.38. The van der Waals surface area contributed by atoms with Crippen LogP contribution in [-0.4, -0.2) is 28.6 Å². The van der Waals surface area contributed by atoms with E-state index in [0.717, 1.165) is 12.8 Å². The maximum absolute atomic E-state index is 12.4. The van der Waals surface area contributed by atoms with Crippen molar-refractivity contribution in [1.82, 2.24) is 10.2 Å². The van der Waals surface area contributed by atoms with E-state index in [1.165, 1.54) is 6.42 Å². The van der Waals surface area contributed by atoms with Crippen molar-refractivity contribution in [2.24, 2.45) is 5.92 Å². The average Bonchev–Trinajstić information content (AvgIpc) is 2.47. The molecule has 1 N–H and O–H groups in total. The van der Waals surface area contributed by atoms with Gasteiger partial charge in [0.1, 0.15) is 0 Å². The molecule has 1 amide bonds. The monoisotopic (exact) mass is 240 g/mol. The summed E-state index contributed by atoms with van der Waals surface area (Å²) in [6.07, 6.45) is 3.29. The minimum absolute atomic E-state index is 0.162. The van der Waals surface area contributed by atoms with Crippen LogP contribution in [0.1, 0.15) is 60.8 Å². The van der Waals surface area contributed by atoms with E-state index in [9.17, 15) is 4.79 Å². The second-order valence-corrected chi connectivity index (χ2v) is 6.04. The van der Waals surface area contributed by atoms with Crippen molar-refractivity contribution in [2.75, 3.05) is 0 Å². The molecule has 3 atom stereocenters. The fourth-order valence-electron chi connectivity index (χ4n) is 2.60. The van der Waals surface area contributed by atoms with Gasteiger partial charge in [0.2, 0.25) is 5.91 Å². The van der Waals surface area contributed by atoms with Crippen molar-refractivity contribution < 1.29 is 4.79 Å². The number of amides is 1. The van der Waals surface area contributed by atoms with Gasteiger partial charge in [-0.15, -0.1) is 0 Å². The highest BCUT2D eigenvalue weighted by Crippen LogP contribution is 2.27. The molecule has 3 heteroatoms. The summed E-state index contributed by atoms with van der Waals surface area (Å²) in [7, 11) is 0. The Kier molecular flexibility index (Phi) is 4.59. The molecule has 1 aliphatic rings. The summed E-state index contributed by atoms with van der Waals surface area (Å²) in [5.41, 5.74) is -0.356. The van der Waals surface area contributed by atoms with Gasteiger partial charge in [0, 0.05) is 6.04 Å². The highest BCUT2D eigenvalue weighted by Gasteiger charge is 2.46. The molecule has 1 fully saturated rings. The van der Waals surface area contributed by atoms with Gasteiger partial charge >= 0.3 is 0 Å². The van der Waals surface area contributed by atoms with Gasteiger partial charge in [-0.2, -0.15) is 0 Å². The first kappa shape index (κ1) is 14.5. The Balaban J connectivity index is 2.68. The van der Waals surface area contributed by atoms with E-state index in [1.807, 2.05) is 11.8 Å². The predicted octanol–water partition coefficient (Wildman–Crippen LogP) is 2.76. The van der Waals surface area contributed by atoms with Gasteiger partial charge in [-0.25, -0.2) is 0 Å². The molecule has 0 aromatic rings. The molecule has 1 aliphatic heterocycles. The topological polar surface area (TPSA) is 32.3 Å². The highest BCUT2D eigenvalue weighted by molar-refractivity contribution is 5.88. The third-order valence-electron chi connectivity index (χ3n) is 4.00. The van der Waals surface area contributed by atoms with Gasteiger partial charge in [0.25, 0.3) is 0 Å². The lowest BCUT2D eigenvalue weighted by Gasteiger charge is -2.29. The number of nitrogens with one attached hydrogen (secondary N) is 1. The molecule has 3 unspecified atom stereocenters. The van der Waals surface area contributed by atoms with Crippen molar-refractivity contribution in [3.05, 3.63) is 0 Å². The van der Waals surface area contributed by atoms with Crippen LogP contribution in [0.4, 0.5) is 0 Å². The van der Waals surface area contributed by atoms with Crippen LogP contribution in [0.15, 0.2) is 0 Å². The lowest BCUT2D eigenvalue weighted by Crippen LogP contribution is -2.44. The van der Waals surface area contributed by atoms with E-state index in [1.54, 1.807) is 0 Å². The Morgan fingerprint density at radius 2 is 1.94 bits per heavy atom. The van der Waals surface area contributed by atoms with Crippen LogP contribution in [0, 0.1) is 5.92 Å². The summed E-state index contributed by atoms with van der Waals surface area (Å²) in [6, 6.07) is 0.334. The molecule has 0 saturated carbocycles. The third-order valence-corrected chi connectivity index (χ3v) is 4.00. The average molecular weight is 240 g/mol. The van der Waals surface area contributed by atoms with Gasteiger partial charge in [-0.05, 0) is 46.0 Å². The van der Waals surface area contributed by atoms with E-state index in [2.05, 4.69) is 39.9 Å². The van der Waals surface area contributed by atoms with Gasteiger partial charge in [0.05, 0.1) is 11.7 Å². The zero-order chi connectivity index (χ0) is 13.2. The Morgan fingerprint density at radius 1 is 1.35 bits per heavy atom. The van der Waals surface area contributed by atoms with Crippen molar-refractivity contribution in [2.45, 2.75) is 78.6 Å². The zero-order valence-corrected chi connectivity index (χ0v) is 12.2. The Bertz CT molecular complexity index is 277. The number of nitrogens with zero attached hydrogens (tertiary/aromatic N) is 1. The van der Waals surface area contributed by atoms with Crippen molar-refractivity contribution in [3.8, 4) is 0 Å². The summed E-state index contributed by atoms with van der Waals surface area (Å²) >= 11 is 0. The minimum atomic E-state index is -0.356. The van der Waals surface area contributed by atoms with E-state index in [0.29, 0.717) is 12.0 Å². The molecule has 3 nitrogen and oxygen atoms in total. The summed E-state index contributed by atoms with van der Waals surface area (Å²) in [6.45, 7) is 12.8. The summed E-state index contributed by atoms with van der Waals surface area (Å²) in [5, 5.41) is 3.42. The molecule has 0 aliphatic carbocycles. The molecule has 1 saturated heterocycles. The molecule has 0 bridgehead atoms. The molecule has 100 valence electrons. The molecular formula is C14H28N2O. The number of hydrogen-bond acceptors (Lipinski definition) is 2. The predicted molar refractivity (Wildman–Crippen MR) is 71.7 cm³/mol. The van der Waals surface area contributed by atoms with Crippen LogP contribution < -0.4 is 5.32 Å². The molecule has 0 radical (unpaired) electrons. The Morgan fingerprint density at radius 3 is 2.35 bits per heavy atom. The number of carbonyl (C=O) groups is 1. The second-order valence-electron chi connectivity index (χ2n) is 6.04.